The van der Waals surface area contributed by atoms with Crippen molar-refractivity contribution in [1.29, 1.82) is 0 Å². The minimum atomic E-state index is -0.0407. The average molecular weight is 282 g/mol. The van der Waals surface area contributed by atoms with Gasteiger partial charge in [-0.2, -0.15) is 0 Å². The van der Waals surface area contributed by atoms with Crippen molar-refractivity contribution in [3.8, 4) is 0 Å². The number of carbonyl (C=O) groups is 1. The second-order valence-electron chi connectivity index (χ2n) is 5.33. The normalized spacial score (nSPS) is 11.0. The molecule has 1 aromatic heterocycles. The zero-order valence-electron chi connectivity index (χ0n) is 12.5. The van der Waals surface area contributed by atoms with Crippen molar-refractivity contribution in [3.63, 3.8) is 0 Å². The van der Waals surface area contributed by atoms with E-state index in [4.69, 9.17) is 5.73 Å². The fraction of sp³-hybridized carbons (Fsp3) is 0.667. The maximum absolute atomic E-state index is 12.1. The largest absolute Gasteiger partial charge is 0.390 e. The molecule has 3 nitrogen and oxygen atoms in total. The van der Waals surface area contributed by atoms with Gasteiger partial charge in [0.25, 0.3) is 5.91 Å². The van der Waals surface area contributed by atoms with Crippen LogP contribution < -0.4 is 11.1 Å². The molecule has 0 aliphatic rings. The van der Waals surface area contributed by atoms with E-state index >= 15 is 0 Å². The van der Waals surface area contributed by atoms with Crippen molar-refractivity contribution in [3.05, 3.63) is 16.0 Å². The molecule has 1 amide bonds. The smallest absolute Gasteiger partial charge is 0.254 e. The first-order valence-electron chi connectivity index (χ1n) is 7.16. The summed E-state index contributed by atoms with van der Waals surface area (Å²) in [5, 5.41) is 3.57. The van der Waals surface area contributed by atoms with Gasteiger partial charge in [-0.25, -0.2) is 0 Å². The number of rotatable bonds is 7. The third-order valence-corrected chi connectivity index (χ3v) is 4.36. The number of nitrogens with one attached hydrogen (secondary N) is 1. The predicted octanol–water partition coefficient (Wildman–Crippen LogP) is 3.90. The van der Waals surface area contributed by atoms with Gasteiger partial charge >= 0.3 is 0 Å². The molecule has 0 atom stereocenters. The predicted molar refractivity (Wildman–Crippen MR) is 83.9 cm³/mol. The topological polar surface area (TPSA) is 55.1 Å². The monoisotopic (exact) mass is 282 g/mol. The van der Waals surface area contributed by atoms with Crippen molar-refractivity contribution < 1.29 is 4.79 Å². The Labute approximate surface area is 120 Å². The molecule has 0 saturated heterocycles. The van der Waals surface area contributed by atoms with Crippen LogP contribution in [0.1, 0.15) is 67.3 Å². The van der Waals surface area contributed by atoms with E-state index in [1.54, 1.807) is 11.3 Å². The number of aryl methyl sites for hydroxylation is 1. The molecule has 1 heterocycles. The SMILES string of the molecule is CCCCCCc1sc(N)c(C(=O)NC(C)C)c1C. The fourth-order valence-electron chi connectivity index (χ4n) is 2.15. The summed E-state index contributed by atoms with van der Waals surface area (Å²) < 4.78 is 0. The molecular weight excluding hydrogens is 256 g/mol. The van der Waals surface area contributed by atoms with Crippen LogP contribution in [-0.2, 0) is 6.42 Å². The summed E-state index contributed by atoms with van der Waals surface area (Å²) in [7, 11) is 0. The Bertz CT molecular complexity index is 424. The first-order chi connectivity index (χ1) is 8.97. The van der Waals surface area contributed by atoms with Gasteiger partial charge in [0.1, 0.15) is 0 Å². The highest BCUT2D eigenvalue weighted by atomic mass is 32.1. The van der Waals surface area contributed by atoms with Crippen molar-refractivity contribution in [2.45, 2.75) is 65.8 Å². The van der Waals surface area contributed by atoms with Crippen molar-refractivity contribution in [2.24, 2.45) is 0 Å². The van der Waals surface area contributed by atoms with Crippen LogP contribution in [0.3, 0.4) is 0 Å². The maximum Gasteiger partial charge on any atom is 0.254 e. The van der Waals surface area contributed by atoms with Gasteiger partial charge in [0, 0.05) is 10.9 Å². The molecule has 0 radical (unpaired) electrons. The number of thiophene rings is 1. The molecular formula is C15H26N2OS. The zero-order chi connectivity index (χ0) is 14.4. The lowest BCUT2D eigenvalue weighted by Crippen LogP contribution is -2.30. The molecule has 0 saturated carbocycles. The molecule has 19 heavy (non-hydrogen) atoms. The number of hydrogen-bond donors (Lipinski definition) is 2. The van der Waals surface area contributed by atoms with E-state index in [1.807, 2.05) is 20.8 Å². The Morgan fingerprint density at radius 2 is 2.00 bits per heavy atom. The molecule has 0 fully saturated rings. The van der Waals surface area contributed by atoms with Gasteiger partial charge in [-0.3, -0.25) is 4.79 Å². The lowest BCUT2D eigenvalue weighted by Gasteiger charge is -2.09. The Morgan fingerprint density at radius 1 is 1.32 bits per heavy atom. The second-order valence-corrected chi connectivity index (χ2v) is 6.47. The highest BCUT2D eigenvalue weighted by molar-refractivity contribution is 7.16. The number of amides is 1. The standard InChI is InChI=1S/C15H26N2OS/c1-5-6-7-8-9-12-11(4)13(14(16)19-12)15(18)17-10(2)3/h10H,5-9,16H2,1-4H3,(H,17,18). The summed E-state index contributed by atoms with van der Waals surface area (Å²) in [6.45, 7) is 8.14. The van der Waals surface area contributed by atoms with Crippen molar-refractivity contribution >= 4 is 22.2 Å². The van der Waals surface area contributed by atoms with Gasteiger partial charge in [0.05, 0.1) is 10.6 Å². The van der Waals surface area contributed by atoms with Gasteiger partial charge in [0.2, 0.25) is 0 Å². The van der Waals surface area contributed by atoms with Crippen LogP contribution in [-0.4, -0.2) is 11.9 Å². The molecule has 0 aromatic carbocycles. The van der Waals surface area contributed by atoms with E-state index in [-0.39, 0.29) is 11.9 Å². The van der Waals surface area contributed by atoms with Crippen LogP contribution in [0.25, 0.3) is 0 Å². The molecule has 1 rings (SSSR count). The summed E-state index contributed by atoms with van der Waals surface area (Å²) >= 11 is 1.57. The molecule has 0 bridgehead atoms. The van der Waals surface area contributed by atoms with E-state index in [1.165, 1.54) is 30.6 Å². The average Bonchev–Trinajstić information content (AvgIpc) is 2.59. The summed E-state index contributed by atoms with van der Waals surface area (Å²) in [4.78, 5) is 13.4. The van der Waals surface area contributed by atoms with E-state index in [0.717, 1.165) is 12.0 Å². The van der Waals surface area contributed by atoms with E-state index in [0.29, 0.717) is 10.6 Å². The Hall–Kier alpha value is -1.03. The number of nitrogen functional groups attached to an aromatic ring is 1. The van der Waals surface area contributed by atoms with Gasteiger partial charge in [-0.05, 0) is 39.2 Å². The third kappa shape index (κ3) is 4.53. The van der Waals surface area contributed by atoms with Crippen LogP contribution in [0.2, 0.25) is 0 Å². The van der Waals surface area contributed by atoms with Crippen LogP contribution in [0.5, 0.6) is 0 Å². The van der Waals surface area contributed by atoms with Crippen molar-refractivity contribution in [1.82, 2.24) is 5.32 Å². The van der Waals surface area contributed by atoms with Crippen molar-refractivity contribution in [2.75, 3.05) is 5.73 Å². The third-order valence-electron chi connectivity index (χ3n) is 3.18. The first-order valence-corrected chi connectivity index (χ1v) is 7.97. The Morgan fingerprint density at radius 3 is 2.58 bits per heavy atom. The molecule has 0 aliphatic heterocycles. The minimum absolute atomic E-state index is 0.0407. The number of unbranched alkanes of at least 4 members (excludes halogenated alkanes) is 3. The lowest BCUT2D eigenvalue weighted by molar-refractivity contribution is 0.0944. The minimum Gasteiger partial charge on any atom is -0.390 e. The molecule has 3 N–H and O–H groups in total. The summed E-state index contributed by atoms with van der Waals surface area (Å²) in [5.41, 5.74) is 7.76. The first kappa shape index (κ1) is 16.0. The van der Waals surface area contributed by atoms with Gasteiger partial charge in [0.15, 0.2) is 0 Å². The van der Waals surface area contributed by atoms with Gasteiger partial charge < -0.3 is 11.1 Å². The van der Waals surface area contributed by atoms with Gasteiger partial charge in [-0.1, -0.05) is 26.2 Å². The van der Waals surface area contributed by atoms with E-state index in [2.05, 4.69) is 12.2 Å². The summed E-state index contributed by atoms with van der Waals surface area (Å²) in [6.07, 6.45) is 5.99. The molecule has 1 aromatic rings. The van der Waals surface area contributed by atoms with Crippen LogP contribution in [0, 0.1) is 6.92 Å². The number of nitrogens with two attached hydrogens (primary N) is 1. The van der Waals surface area contributed by atoms with E-state index in [9.17, 15) is 4.79 Å². The second kappa shape index (κ2) is 7.53. The number of carbonyl (C=O) groups excluding carboxylic acids is 1. The Balaban J connectivity index is 2.73. The van der Waals surface area contributed by atoms with Gasteiger partial charge in [-0.15, -0.1) is 11.3 Å². The Kier molecular flexibility index (Phi) is 6.35. The highest BCUT2D eigenvalue weighted by Crippen LogP contribution is 2.31. The van der Waals surface area contributed by atoms with E-state index < -0.39 is 0 Å². The van der Waals surface area contributed by atoms with Crippen LogP contribution in [0.15, 0.2) is 0 Å². The highest BCUT2D eigenvalue weighted by Gasteiger charge is 2.19. The lowest BCUT2D eigenvalue weighted by atomic mass is 10.1. The van der Waals surface area contributed by atoms with Crippen LogP contribution >= 0.6 is 11.3 Å². The molecule has 0 unspecified atom stereocenters. The quantitative estimate of drug-likeness (QED) is 0.745. The number of hydrogen-bond acceptors (Lipinski definition) is 3. The van der Waals surface area contributed by atoms with Crippen LogP contribution in [0.4, 0.5) is 5.00 Å². The molecule has 4 heteroatoms. The fourth-order valence-corrected chi connectivity index (χ4v) is 3.27. The summed E-state index contributed by atoms with van der Waals surface area (Å²) in [5.74, 6) is -0.0407. The molecule has 0 aliphatic carbocycles. The summed E-state index contributed by atoms with van der Waals surface area (Å²) in [6, 6.07) is 0.138. The number of anilines is 1. The zero-order valence-corrected chi connectivity index (χ0v) is 13.3. The molecule has 0 spiro atoms. The maximum atomic E-state index is 12.1. The molecule has 108 valence electrons.